The van der Waals surface area contributed by atoms with Crippen molar-refractivity contribution in [3.63, 3.8) is 0 Å². The van der Waals surface area contributed by atoms with Crippen molar-refractivity contribution < 1.29 is 4.74 Å². The SMILES string of the molecule is CCCOc1cccc(C(C#N)NCCCN(C)C)c1. The number of benzene rings is 1. The predicted octanol–water partition coefficient (Wildman–Crippen LogP) is 2.58. The molecular weight excluding hydrogens is 250 g/mol. The molecule has 0 radical (unpaired) electrons. The number of nitriles is 1. The Labute approximate surface area is 122 Å². The van der Waals surface area contributed by atoms with E-state index in [0.717, 1.165) is 37.2 Å². The minimum atomic E-state index is -0.276. The van der Waals surface area contributed by atoms with E-state index in [-0.39, 0.29) is 6.04 Å². The summed E-state index contributed by atoms with van der Waals surface area (Å²) in [7, 11) is 4.10. The lowest BCUT2D eigenvalue weighted by atomic mass is 10.1. The maximum Gasteiger partial charge on any atom is 0.121 e. The van der Waals surface area contributed by atoms with Crippen LogP contribution in [0.25, 0.3) is 0 Å². The number of nitrogens with zero attached hydrogens (tertiary/aromatic N) is 2. The second-order valence-electron chi connectivity index (χ2n) is 5.09. The first-order valence-electron chi connectivity index (χ1n) is 7.18. The molecule has 0 amide bonds. The molecule has 4 heteroatoms. The van der Waals surface area contributed by atoms with E-state index in [1.54, 1.807) is 0 Å². The van der Waals surface area contributed by atoms with Crippen molar-refractivity contribution >= 4 is 0 Å². The number of rotatable bonds is 9. The Morgan fingerprint density at radius 1 is 1.40 bits per heavy atom. The minimum absolute atomic E-state index is 0.276. The molecule has 1 aromatic rings. The largest absolute Gasteiger partial charge is 0.494 e. The number of nitrogens with one attached hydrogen (secondary N) is 1. The maximum atomic E-state index is 9.29. The molecule has 0 saturated carbocycles. The van der Waals surface area contributed by atoms with Crippen molar-refractivity contribution in [3.8, 4) is 11.8 Å². The van der Waals surface area contributed by atoms with Gasteiger partial charge in [0.1, 0.15) is 11.8 Å². The fourth-order valence-corrected chi connectivity index (χ4v) is 1.88. The second-order valence-corrected chi connectivity index (χ2v) is 5.09. The van der Waals surface area contributed by atoms with Crippen LogP contribution in [-0.4, -0.2) is 38.7 Å². The molecule has 0 aliphatic rings. The molecule has 1 aromatic carbocycles. The van der Waals surface area contributed by atoms with Crippen LogP contribution in [-0.2, 0) is 0 Å². The zero-order valence-electron chi connectivity index (χ0n) is 12.7. The normalized spacial score (nSPS) is 12.2. The summed E-state index contributed by atoms with van der Waals surface area (Å²) >= 11 is 0. The van der Waals surface area contributed by atoms with E-state index in [2.05, 4.69) is 37.3 Å². The Morgan fingerprint density at radius 3 is 2.85 bits per heavy atom. The molecule has 0 fully saturated rings. The summed E-state index contributed by atoms with van der Waals surface area (Å²) in [5, 5.41) is 12.6. The fraction of sp³-hybridized carbons (Fsp3) is 0.562. The van der Waals surface area contributed by atoms with E-state index in [4.69, 9.17) is 4.74 Å². The molecule has 0 bridgehead atoms. The summed E-state index contributed by atoms with van der Waals surface area (Å²) in [6, 6.07) is 9.81. The second kappa shape index (κ2) is 9.35. The summed E-state index contributed by atoms with van der Waals surface area (Å²) in [5.41, 5.74) is 0.964. The Morgan fingerprint density at radius 2 is 2.20 bits per heavy atom. The first kappa shape index (κ1) is 16.5. The molecule has 1 N–H and O–H groups in total. The van der Waals surface area contributed by atoms with Gasteiger partial charge in [0, 0.05) is 0 Å². The van der Waals surface area contributed by atoms with E-state index in [9.17, 15) is 5.26 Å². The number of hydrogen-bond donors (Lipinski definition) is 1. The third-order valence-corrected chi connectivity index (χ3v) is 2.92. The topological polar surface area (TPSA) is 48.3 Å². The number of ether oxygens (including phenoxy) is 1. The van der Waals surface area contributed by atoms with Crippen molar-refractivity contribution in [1.82, 2.24) is 10.2 Å². The van der Waals surface area contributed by atoms with Crippen LogP contribution in [0.15, 0.2) is 24.3 Å². The molecule has 0 spiro atoms. The zero-order chi connectivity index (χ0) is 14.8. The highest BCUT2D eigenvalue weighted by molar-refractivity contribution is 5.33. The van der Waals surface area contributed by atoms with Crippen LogP contribution in [0.4, 0.5) is 0 Å². The molecule has 0 saturated heterocycles. The molecule has 0 aliphatic carbocycles. The standard InChI is InChI=1S/C16H25N3O/c1-4-11-20-15-8-5-7-14(12-15)16(13-17)18-9-6-10-19(2)3/h5,7-8,12,16,18H,4,6,9-11H2,1-3H3. The van der Waals surface area contributed by atoms with E-state index < -0.39 is 0 Å². The molecule has 1 atom stereocenters. The average molecular weight is 275 g/mol. The molecule has 110 valence electrons. The van der Waals surface area contributed by atoms with Crippen molar-refractivity contribution in [1.29, 1.82) is 5.26 Å². The third kappa shape index (κ3) is 6.05. The summed E-state index contributed by atoms with van der Waals surface area (Å²) in [6.45, 7) is 4.63. The summed E-state index contributed by atoms with van der Waals surface area (Å²) in [6.07, 6.45) is 2.01. The molecule has 0 heterocycles. The average Bonchev–Trinajstić information content (AvgIpc) is 2.45. The van der Waals surface area contributed by atoms with Crippen molar-refractivity contribution in [2.24, 2.45) is 0 Å². The van der Waals surface area contributed by atoms with Crippen LogP contribution < -0.4 is 10.1 Å². The first-order valence-corrected chi connectivity index (χ1v) is 7.18. The fourth-order valence-electron chi connectivity index (χ4n) is 1.88. The molecule has 1 rings (SSSR count). The van der Waals surface area contributed by atoms with Gasteiger partial charge in [-0.05, 0) is 57.7 Å². The van der Waals surface area contributed by atoms with Gasteiger partial charge in [-0.3, -0.25) is 5.32 Å². The smallest absolute Gasteiger partial charge is 0.121 e. The van der Waals surface area contributed by atoms with Gasteiger partial charge in [-0.25, -0.2) is 0 Å². The van der Waals surface area contributed by atoms with E-state index in [1.807, 2.05) is 24.3 Å². The highest BCUT2D eigenvalue weighted by Gasteiger charge is 2.10. The minimum Gasteiger partial charge on any atom is -0.494 e. The molecule has 1 unspecified atom stereocenters. The zero-order valence-corrected chi connectivity index (χ0v) is 12.7. The molecule has 20 heavy (non-hydrogen) atoms. The van der Waals surface area contributed by atoms with Gasteiger partial charge in [0.2, 0.25) is 0 Å². The first-order chi connectivity index (χ1) is 9.67. The van der Waals surface area contributed by atoms with Crippen molar-refractivity contribution in [3.05, 3.63) is 29.8 Å². The van der Waals surface area contributed by atoms with Crippen molar-refractivity contribution in [2.45, 2.75) is 25.8 Å². The van der Waals surface area contributed by atoms with Crippen molar-refractivity contribution in [2.75, 3.05) is 33.8 Å². The van der Waals surface area contributed by atoms with Crippen LogP contribution in [0.1, 0.15) is 31.4 Å². The highest BCUT2D eigenvalue weighted by atomic mass is 16.5. The van der Waals surface area contributed by atoms with Gasteiger partial charge in [-0.15, -0.1) is 0 Å². The summed E-state index contributed by atoms with van der Waals surface area (Å²) in [4.78, 5) is 2.14. The molecular formula is C16H25N3O. The number of hydrogen-bond acceptors (Lipinski definition) is 4. The van der Waals surface area contributed by atoms with Crippen LogP contribution >= 0.6 is 0 Å². The Hall–Kier alpha value is -1.57. The molecule has 0 aliphatic heterocycles. The van der Waals surface area contributed by atoms with Gasteiger partial charge in [-0.1, -0.05) is 19.1 Å². The quantitative estimate of drug-likeness (QED) is 0.704. The van der Waals surface area contributed by atoms with Gasteiger partial charge < -0.3 is 9.64 Å². The van der Waals surface area contributed by atoms with Crippen LogP contribution in [0.5, 0.6) is 5.75 Å². The predicted molar refractivity (Wildman–Crippen MR) is 81.8 cm³/mol. The van der Waals surface area contributed by atoms with Gasteiger partial charge >= 0.3 is 0 Å². The van der Waals surface area contributed by atoms with Gasteiger partial charge in [0.15, 0.2) is 0 Å². The molecule has 4 nitrogen and oxygen atoms in total. The lowest BCUT2D eigenvalue weighted by molar-refractivity contribution is 0.317. The summed E-state index contributed by atoms with van der Waals surface area (Å²) < 4.78 is 5.60. The Bertz CT molecular complexity index is 426. The monoisotopic (exact) mass is 275 g/mol. The lowest BCUT2D eigenvalue weighted by Crippen LogP contribution is -2.24. The third-order valence-electron chi connectivity index (χ3n) is 2.92. The Balaban J connectivity index is 2.54. The van der Waals surface area contributed by atoms with Gasteiger partial charge in [0.25, 0.3) is 0 Å². The van der Waals surface area contributed by atoms with Gasteiger partial charge in [0.05, 0.1) is 12.7 Å². The van der Waals surface area contributed by atoms with E-state index >= 15 is 0 Å². The van der Waals surface area contributed by atoms with Crippen LogP contribution in [0.3, 0.4) is 0 Å². The molecule has 0 aromatic heterocycles. The maximum absolute atomic E-state index is 9.29. The van der Waals surface area contributed by atoms with Gasteiger partial charge in [-0.2, -0.15) is 5.26 Å². The summed E-state index contributed by atoms with van der Waals surface area (Å²) in [5.74, 6) is 0.833. The van der Waals surface area contributed by atoms with Crippen LogP contribution in [0, 0.1) is 11.3 Å². The van der Waals surface area contributed by atoms with E-state index in [0.29, 0.717) is 6.61 Å². The highest BCUT2D eigenvalue weighted by Crippen LogP contribution is 2.19. The van der Waals surface area contributed by atoms with Crippen LogP contribution in [0.2, 0.25) is 0 Å². The lowest BCUT2D eigenvalue weighted by Gasteiger charge is -2.14. The van der Waals surface area contributed by atoms with E-state index in [1.165, 1.54) is 0 Å². The Kier molecular flexibility index (Phi) is 7.71.